The number of sulfonamides is 1. The summed E-state index contributed by atoms with van der Waals surface area (Å²) in [6, 6.07) is 13.2. The van der Waals surface area contributed by atoms with E-state index in [2.05, 4.69) is 15.0 Å². The molecule has 4 rings (SSSR count). The highest BCUT2D eigenvalue weighted by Crippen LogP contribution is 2.28. The number of nitrogens with zero attached hydrogens (tertiary/aromatic N) is 2. The molecule has 0 unspecified atom stereocenters. The van der Waals surface area contributed by atoms with E-state index in [4.69, 9.17) is 4.74 Å². The first-order valence-corrected chi connectivity index (χ1v) is 12.9. The Labute approximate surface area is 194 Å². The minimum Gasteiger partial charge on any atom is -0.375 e. The summed E-state index contributed by atoms with van der Waals surface area (Å²) in [7, 11) is -3.52. The Hall–Kier alpha value is -2.91. The van der Waals surface area contributed by atoms with E-state index in [1.54, 1.807) is 12.1 Å². The van der Waals surface area contributed by atoms with E-state index in [-0.39, 0.29) is 17.6 Å². The van der Waals surface area contributed by atoms with Crippen molar-refractivity contribution in [2.75, 3.05) is 17.6 Å². The summed E-state index contributed by atoms with van der Waals surface area (Å²) >= 11 is 0. The number of imidazole rings is 1. The topological polar surface area (TPSA) is 102 Å². The molecular weight excluding hydrogens is 440 g/mol. The first-order chi connectivity index (χ1) is 15.5. The second kappa shape index (κ2) is 8.79. The predicted molar refractivity (Wildman–Crippen MR) is 129 cm³/mol. The Morgan fingerprint density at radius 2 is 1.97 bits per heavy atom. The lowest BCUT2D eigenvalue weighted by Crippen LogP contribution is -2.45. The molecule has 1 aromatic heterocycles. The van der Waals surface area contributed by atoms with Crippen molar-refractivity contribution < 1.29 is 17.9 Å². The van der Waals surface area contributed by atoms with Gasteiger partial charge in [0.15, 0.2) is 0 Å². The van der Waals surface area contributed by atoms with E-state index in [0.717, 1.165) is 24.1 Å². The van der Waals surface area contributed by atoms with Crippen molar-refractivity contribution in [3.05, 3.63) is 59.4 Å². The average Bonchev–Trinajstić information content (AvgIpc) is 3.01. The molecule has 33 heavy (non-hydrogen) atoms. The molecule has 1 aliphatic rings. The van der Waals surface area contributed by atoms with Gasteiger partial charge in [-0.2, -0.15) is 0 Å². The summed E-state index contributed by atoms with van der Waals surface area (Å²) in [5, 5.41) is 3.14. The highest BCUT2D eigenvalue weighted by molar-refractivity contribution is 7.92. The molecule has 1 saturated heterocycles. The van der Waals surface area contributed by atoms with Gasteiger partial charge in [0.2, 0.25) is 10.0 Å². The summed E-state index contributed by atoms with van der Waals surface area (Å²) in [4.78, 5) is 18.1. The zero-order valence-corrected chi connectivity index (χ0v) is 20.2. The summed E-state index contributed by atoms with van der Waals surface area (Å²) in [5.74, 6) is 0.487. The lowest BCUT2D eigenvalue weighted by atomic mass is 9.93. The van der Waals surface area contributed by atoms with Crippen LogP contribution < -0.4 is 10.0 Å². The van der Waals surface area contributed by atoms with Crippen molar-refractivity contribution in [3.63, 3.8) is 0 Å². The number of carbonyl (C=O) groups is 1. The highest BCUT2D eigenvalue weighted by atomic mass is 32.2. The van der Waals surface area contributed by atoms with Crippen molar-refractivity contribution in [2.24, 2.45) is 0 Å². The number of nitrogens with one attached hydrogen (secondary N) is 2. The molecule has 2 N–H and O–H groups in total. The molecule has 0 radical (unpaired) electrons. The summed E-state index contributed by atoms with van der Waals surface area (Å²) in [6.07, 6.45) is 2.51. The number of amides is 1. The highest BCUT2D eigenvalue weighted by Gasteiger charge is 2.30. The van der Waals surface area contributed by atoms with Crippen LogP contribution in [0, 0.1) is 6.92 Å². The number of hydrogen-bond donors (Lipinski definition) is 2. The third-order valence-electron chi connectivity index (χ3n) is 5.80. The molecule has 3 aromatic rings. The second-order valence-corrected chi connectivity index (χ2v) is 11.0. The molecule has 2 aromatic carbocycles. The molecule has 0 aliphatic carbocycles. The summed E-state index contributed by atoms with van der Waals surface area (Å²) < 4.78 is 34.0. The minimum atomic E-state index is -3.52. The van der Waals surface area contributed by atoms with Crippen LogP contribution in [-0.2, 0) is 21.3 Å². The molecule has 1 atom stereocenters. The third-order valence-corrected chi connectivity index (χ3v) is 6.40. The molecule has 1 fully saturated rings. The van der Waals surface area contributed by atoms with Gasteiger partial charge in [-0.15, -0.1) is 0 Å². The van der Waals surface area contributed by atoms with Crippen LogP contribution in [0.15, 0.2) is 42.5 Å². The molecule has 0 spiro atoms. The Morgan fingerprint density at radius 3 is 2.64 bits per heavy atom. The third kappa shape index (κ3) is 5.54. The lowest BCUT2D eigenvalue weighted by Gasteiger charge is -2.35. The fraction of sp³-hybridized carbons (Fsp3) is 0.417. The van der Waals surface area contributed by atoms with Crippen LogP contribution in [0.3, 0.4) is 0 Å². The Bertz CT molecular complexity index is 1280. The first kappa shape index (κ1) is 23.3. The molecule has 8 nitrogen and oxygen atoms in total. The van der Waals surface area contributed by atoms with E-state index in [9.17, 15) is 13.2 Å². The van der Waals surface area contributed by atoms with Crippen LogP contribution in [0.4, 0.5) is 5.69 Å². The normalized spacial score (nSPS) is 18.2. The van der Waals surface area contributed by atoms with E-state index in [1.807, 2.05) is 55.7 Å². The van der Waals surface area contributed by atoms with Gasteiger partial charge in [-0.1, -0.05) is 30.3 Å². The van der Waals surface area contributed by atoms with Crippen molar-refractivity contribution in [2.45, 2.75) is 51.8 Å². The number of fused-ring (bicyclic) bond motifs is 1. The first-order valence-electron chi connectivity index (χ1n) is 11.0. The van der Waals surface area contributed by atoms with Gasteiger partial charge < -0.3 is 14.6 Å². The van der Waals surface area contributed by atoms with Crippen molar-refractivity contribution in [1.29, 1.82) is 0 Å². The van der Waals surface area contributed by atoms with Crippen LogP contribution in [0.1, 0.15) is 48.4 Å². The zero-order valence-electron chi connectivity index (χ0n) is 19.4. The summed E-state index contributed by atoms with van der Waals surface area (Å²) in [6.45, 7) is 7.03. The smallest absolute Gasteiger partial charge is 0.253 e. The Morgan fingerprint density at radius 1 is 1.24 bits per heavy atom. The van der Waals surface area contributed by atoms with Gasteiger partial charge >= 0.3 is 0 Å². The van der Waals surface area contributed by atoms with Gasteiger partial charge in [0, 0.05) is 19.2 Å². The van der Waals surface area contributed by atoms with Gasteiger partial charge in [0.05, 0.1) is 34.1 Å². The largest absolute Gasteiger partial charge is 0.375 e. The molecule has 0 bridgehead atoms. The van der Waals surface area contributed by atoms with E-state index < -0.39 is 10.0 Å². The number of anilines is 1. The number of benzene rings is 2. The number of hydrogen-bond acceptors (Lipinski definition) is 5. The maximum absolute atomic E-state index is 13.5. The lowest BCUT2D eigenvalue weighted by molar-refractivity contribution is -0.0615. The van der Waals surface area contributed by atoms with E-state index >= 15 is 0 Å². The fourth-order valence-corrected chi connectivity index (χ4v) is 4.95. The minimum absolute atomic E-state index is 0.0329. The van der Waals surface area contributed by atoms with Crippen molar-refractivity contribution in [3.8, 4) is 0 Å². The summed E-state index contributed by atoms with van der Waals surface area (Å²) in [5.41, 5.74) is 2.72. The number of aryl methyl sites for hydroxylation is 1. The Balaban J connectivity index is 1.77. The van der Waals surface area contributed by atoms with Crippen LogP contribution >= 0.6 is 0 Å². The van der Waals surface area contributed by atoms with E-state index in [1.165, 1.54) is 0 Å². The molecular formula is C24H30N4O4S. The Kier molecular flexibility index (Phi) is 6.20. The van der Waals surface area contributed by atoms with Crippen molar-refractivity contribution >= 4 is 32.7 Å². The number of rotatable bonds is 6. The van der Waals surface area contributed by atoms with Crippen LogP contribution in [0.2, 0.25) is 0 Å². The van der Waals surface area contributed by atoms with Gasteiger partial charge in [-0.3, -0.25) is 9.52 Å². The quantitative estimate of drug-likeness (QED) is 0.575. The van der Waals surface area contributed by atoms with Crippen LogP contribution in [0.5, 0.6) is 0 Å². The van der Waals surface area contributed by atoms with Gasteiger partial charge in [-0.05, 0) is 51.3 Å². The number of ether oxygens (including phenoxy) is 1. The maximum Gasteiger partial charge on any atom is 0.253 e. The van der Waals surface area contributed by atoms with E-state index in [0.29, 0.717) is 41.9 Å². The predicted octanol–water partition coefficient (Wildman–Crippen LogP) is 3.45. The molecule has 9 heteroatoms. The average molecular weight is 471 g/mol. The number of carbonyl (C=O) groups excluding carboxylic acids is 1. The second-order valence-electron chi connectivity index (χ2n) is 9.27. The monoisotopic (exact) mass is 470 g/mol. The molecule has 1 amide bonds. The van der Waals surface area contributed by atoms with Gasteiger partial charge in [0.1, 0.15) is 5.82 Å². The molecule has 0 saturated carbocycles. The van der Waals surface area contributed by atoms with Crippen LogP contribution in [-0.4, -0.2) is 48.4 Å². The standard InChI is InChI=1S/C24H30N4O4S/c1-16-25-21-13-19(27-33(4,30)31)12-20(22(21)28(16)15-17-8-6-5-7-9-17)23(29)26-18-10-11-32-24(2,3)14-18/h5-9,12-13,18,27H,10-11,14-15H2,1-4H3,(H,26,29)/t18-/m1/s1. The number of aromatic nitrogens is 2. The van der Waals surface area contributed by atoms with Gasteiger partial charge in [-0.25, -0.2) is 13.4 Å². The maximum atomic E-state index is 13.5. The fourth-order valence-electron chi connectivity index (χ4n) is 4.41. The molecule has 176 valence electrons. The molecule has 1 aliphatic heterocycles. The van der Waals surface area contributed by atoms with Crippen molar-refractivity contribution in [1.82, 2.24) is 14.9 Å². The van der Waals surface area contributed by atoms with Crippen LogP contribution in [0.25, 0.3) is 11.0 Å². The van der Waals surface area contributed by atoms with Gasteiger partial charge in [0.25, 0.3) is 5.91 Å². The SMILES string of the molecule is Cc1nc2cc(NS(C)(=O)=O)cc(C(=O)N[C@@H]3CCOC(C)(C)C3)c2n1Cc1ccccc1. The zero-order chi connectivity index (χ0) is 23.8. The molecule has 2 heterocycles.